The molecule has 0 spiro atoms. The lowest BCUT2D eigenvalue weighted by Crippen LogP contribution is -2.25. The van der Waals surface area contributed by atoms with Gasteiger partial charge < -0.3 is 15.9 Å². The SMILES string of the molecule is CC(CN)C(O)CCO. The first kappa shape index (κ1) is 8.88. The van der Waals surface area contributed by atoms with Crippen molar-refractivity contribution in [3.05, 3.63) is 0 Å². The summed E-state index contributed by atoms with van der Waals surface area (Å²) < 4.78 is 0. The Hall–Kier alpha value is -0.120. The molecule has 4 N–H and O–H groups in total. The van der Waals surface area contributed by atoms with Crippen LogP contribution in [0.5, 0.6) is 0 Å². The molecule has 3 heteroatoms. The zero-order valence-electron chi connectivity index (χ0n) is 5.75. The van der Waals surface area contributed by atoms with Gasteiger partial charge in [-0.25, -0.2) is 0 Å². The van der Waals surface area contributed by atoms with E-state index in [-0.39, 0.29) is 12.5 Å². The van der Waals surface area contributed by atoms with Crippen molar-refractivity contribution in [1.29, 1.82) is 0 Å². The first-order valence-electron chi connectivity index (χ1n) is 3.21. The van der Waals surface area contributed by atoms with Crippen LogP contribution < -0.4 is 5.73 Å². The molecule has 0 heterocycles. The van der Waals surface area contributed by atoms with E-state index in [9.17, 15) is 0 Å². The molecule has 9 heavy (non-hydrogen) atoms. The monoisotopic (exact) mass is 133 g/mol. The molecule has 0 radical (unpaired) electrons. The maximum absolute atomic E-state index is 9.08. The van der Waals surface area contributed by atoms with E-state index in [2.05, 4.69) is 0 Å². The molecule has 2 unspecified atom stereocenters. The van der Waals surface area contributed by atoms with Crippen LogP contribution in [-0.2, 0) is 0 Å². The Morgan fingerprint density at radius 1 is 1.56 bits per heavy atom. The standard InChI is InChI=1S/C6H15NO2/c1-5(4-7)6(9)2-3-8/h5-6,8-9H,2-4,7H2,1H3. The third-order valence-electron chi connectivity index (χ3n) is 1.45. The van der Waals surface area contributed by atoms with Crippen LogP contribution >= 0.6 is 0 Å². The van der Waals surface area contributed by atoms with Gasteiger partial charge in [-0.05, 0) is 18.9 Å². The first-order chi connectivity index (χ1) is 4.22. The zero-order valence-corrected chi connectivity index (χ0v) is 5.75. The fourth-order valence-electron chi connectivity index (χ4n) is 0.574. The molecule has 3 nitrogen and oxygen atoms in total. The van der Waals surface area contributed by atoms with E-state index in [1.165, 1.54) is 0 Å². The van der Waals surface area contributed by atoms with Crippen LogP contribution in [0.2, 0.25) is 0 Å². The van der Waals surface area contributed by atoms with Gasteiger partial charge in [0.05, 0.1) is 6.10 Å². The van der Waals surface area contributed by atoms with E-state index in [0.29, 0.717) is 13.0 Å². The molecule has 0 aliphatic carbocycles. The summed E-state index contributed by atoms with van der Waals surface area (Å²) in [5, 5.41) is 17.5. The van der Waals surface area contributed by atoms with Crippen molar-refractivity contribution in [3.8, 4) is 0 Å². The quantitative estimate of drug-likeness (QED) is 0.476. The van der Waals surface area contributed by atoms with Crippen LogP contribution in [0.1, 0.15) is 13.3 Å². The highest BCUT2D eigenvalue weighted by Crippen LogP contribution is 2.03. The van der Waals surface area contributed by atoms with Crippen LogP contribution in [0.4, 0.5) is 0 Å². The minimum absolute atomic E-state index is 0.0332. The average Bonchev–Trinajstić information content (AvgIpc) is 1.87. The van der Waals surface area contributed by atoms with Crippen LogP contribution in [0.25, 0.3) is 0 Å². The maximum atomic E-state index is 9.08. The number of nitrogens with two attached hydrogens (primary N) is 1. The molecule has 0 fully saturated rings. The largest absolute Gasteiger partial charge is 0.396 e. The molecule has 0 aromatic heterocycles. The van der Waals surface area contributed by atoms with E-state index in [4.69, 9.17) is 15.9 Å². The smallest absolute Gasteiger partial charge is 0.0599 e. The van der Waals surface area contributed by atoms with Crippen molar-refractivity contribution in [3.63, 3.8) is 0 Å². The lowest BCUT2D eigenvalue weighted by atomic mass is 10.0. The van der Waals surface area contributed by atoms with Crippen molar-refractivity contribution in [1.82, 2.24) is 0 Å². The summed E-state index contributed by atoms with van der Waals surface area (Å²) in [5.41, 5.74) is 5.26. The summed E-state index contributed by atoms with van der Waals surface area (Å²) in [6, 6.07) is 0. The zero-order chi connectivity index (χ0) is 7.28. The predicted octanol–water partition coefficient (Wildman–Crippen LogP) is -0.676. The summed E-state index contributed by atoms with van der Waals surface area (Å²) >= 11 is 0. The highest BCUT2D eigenvalue weighted by Gasteiger charge is 2.10. The number of aliphatic hydroxyl groups is 2. The third-order valence-corrected chi connectivity index (χ3v) is 1.45. The van der Waals surface area contributed by atoms with Gasteiger partial charge >= 0.3 is 0 Å². The minimum Gasteiger partial charge on any atom is -0.396 e. The Morgan fingerprint density at radius 3 is 2.44 bits per heavy atom. The van der Waals surface area contributed by atoms with Crippen molar-refractivity contribution in [2.45, 2.75) is 19.4 Å². The molecule has 0 rings (SSSR count). The lowest BCUT2D eigenvalue weighted by molar-refractivity contribution is 0.0892. The Bertz CT molecular complexity index is 68.1. The van der Waals surface area contributed by atoms with Gasteiger partial charge in [0.15, 0.2) is 0 Å². The molecule has 0 amide bonds. The highest BCUT2D eigenvalue weighted by molar-refractivity contribution is 4.63. The van der Waals surface area contributed by atoms with Gasteiger partial charge in [0.1, 0.15) is 0 Å². The number of hydrogen-bond donors (Lipinski definition) is 3. The Kier molecular flexibility index (Phi) is 4.67. The van der Waals surface area contributed by atoms with Gasteiger partial charge in [0, 0.05) is 6.61 Å². The van der Waals surface area contributed by atoms with E-state index in [1.54, 1.807) is 0 Å². The minimum atomic E-state index is -0.444. The molecular weight excluding hydrogens is 118 g/mol. The summed E-state index contributed by atoms with van der Waals surface area (Å²) in [6.45, 7) is 2.37. The molecular formula is C6H15NO2. The molecule has 0 saturated heterocycles. The van der Waals surface area contributed by atoms with Crippen molar-refractivity contribution >= 4 is 0 Å². The van der Waals surface area contributed by atoms with Gasteiger partial charge in [0.25, 0.3) is 0 Å². The number of hydrogen-bond acceptors (Lipinski definition) is 3. The molecule has 0 aromatic rings. The first-order valence-corrected chi connectivity index (χ1v) is 3.21. The molecule has 0 aromatic carbocycles. The fourth-order valence-corrected chi connectivity index (χ4v) is 0.574. The highest BCUT2D eigenvalue weighted by atomic mass is 16.3. The molecule has 0 aliphatic heterocycles. The molecule has 0 bridgehead atoms. The summed E-state index contributed by atoms with van der Waals surface area (Å²) in [6.07, 6.45) is -0.0155. The molecule has 0 aliphatic rings. The van der Waals surface area contributed by atoms with E-state index in [0.717, 1.165) is 0 Å². The summed E-state index contributed by atoms with van der Waals surface area (Å²) in [4.78, 5) is 0. The summed E-state index contributed by atoms with van der Waals surface area (Å²) in [5.74, 6) is 0.0946. The Balaban J connectivity index is 3.32. The van der Waals surface area contributed by atoms with Gasteiger partial charge in [-0.1, -0.05) is 6.92 Å². The van der Waals surface area contributed by atoms with E-state index in [1.807, 2.05) is 6.92 Å². The van der Waals surface area contributed by atoms with E-state index < -0.39 is 6.10 Å². The van der Waals surface area contributed by atoms with Gasteiger partial charge in [-0.3, -0.25) is 0 Å². The van der Waals surface area contributed by atoms with Crippen molar-refractivity contribution in [2.75, 3.05) is 13.2 Å². The molecule has 56 valence electrons. The van der Waals surface area contributed by atoms with Crippen LogP contribution in [-0.4, -0.2) is 29.5 Å². The van der Waals surface area contributed by atoms with Crippen molar-refractivity contribution in [2.24, 2.45) is 11.7 Å². The van der Waals surface area contributed by atoms with Gasteiger partial charge in [0.2, 0.25) is 0 Å². The second kappa shape index (κ2) is 4.73. The fraction of sp³-hybridized carbons (Fsp3) is 1.00. The maximum Gasteiger partial charge on any atom is 0.0599 e. The number of aliphatic hydroxyl groups excluding tert-OH is 2. The molecule has 0 saturated carbocycles. The van der Waals surface area contributed by atoms with E-state index >= 15 is 0 Å². The number of rotatable bonds is 4. The lowest BCUT2D eigenvalue weighted by Gasteiger charge is -2.14. The Labute approximate surface area is 55.5 Å². The van der Waals surface area contributed by atoms with Crippen LogP contribution in [0, 0.1) is 5.92 Å². The van der Waals surface area contributed by atoms with Gasteiger partial charge in [-0.15, -0.1) is 0 Å². The topological polar surface area (TPSA) is 66.5 Å². The third kappa shape index (κ3) is 3.46. The normalized spacial score (nSPS) is 17.3. The second-order valence-electron chi connectivity index (χ2n) is 2.29. The Morgan fingerprint density at radius 2 is 2.11 bits per heavy atom. The predicted molar refractivity (Wildman–Crippen MR) is 35.9 cm³/mol. The van der Waals surface area contributed by atoms with Crippen molar-refractivity contribution < 1.29 is 10.2 Å². The van der Waals surface area contributed by atoms with Crippen LogP contribution in [0.3, 0.4) is 0 Å². The van der Waals surface area contributed by atoms with Crippen LogP contribution in [0.15, 0.2) is 0 Å². The van der Waals surface area contributed by atoms with Gasteiger partial charge in [-0.2, -0.15) is 0 Å². The molecule has 2 atom stereocenters. The summed E-state index contributed by atoms with van der Waals surface area (Å²) in [7, 11) is 0. The second-order valence-corrected chi connectivity index (χ2v) is 2.29. The average molecular weight is 133 g/mol.